The molecule has 1 atom stereocenters. The van der Waals surface area contributed by atoms with Gasteiger partial charge in [0.1, 0.15) is 5.82 Å². The standard InChI is InChI=1S/C15H15F4NS/c1-3-11-5-7-14(21-11)9(2)20-13-8-10(15(17,18)19)4-6-12(13)16/h4-9,20H,3H2,1-2H3. The van der Waals surface area contributed by atoms with Crippen molar-refractivity contribution in [2.45, 2.75) is 32.5 Å². The van der Waals surface area contributed by atoms with Crippen molar-refractivity contribution in [2.24, 2.45) is 0 Å². The number of benzene rings is 1. The molecule has 0 aliphatic heterocycles. The van der Waals surface area contributed by atoms with Gasteiger partial charge in [-0.15, -0.1) is 11.3 Å². The monoisotopic (exact) mass is 317 g/mol. The maximum atomic E-state index is 13.7. The van der Waals surface area contributed by atoms with Crippen LogP contribution in [0.2, 0.25) is 0 Å². The van der Waals surface area contributed by atoms with Gasteiger partial charge in [0.25, 0.3) is 0 Å². The number of anilines is 1. The number of hydrogen-bond donors (Lipinski definition) is 1. The summed E-state index contributed by atoms with van der Waals surface area (Å²) in [7, 11) is 0. The van der Waals surface area contributed by atoms with Gasteiger partial charge in [-0.2, -0.15) is 13.2 Å². The molecular formula is C15H15F4NS. The van der Waals surface area contributed by atoms with E-state index in [-0.39, 0.29) is 11.7 Å². The second-order valence-electron chi connectivity index (χ2n) is 4.72. The Labute approximate surface area is 124 Å². The van der Waals surface area contributed by atoms with Crippen LogP contribution in [0.3, 0.4) is 0 Å². The molecule has 1 aromatic heterocycles. The van der Waals surface area contributed by atoms with Crippen molar-refractivity contribution in [2.75, 3.05) is 5.32 Å². The zero-order chi connectivity index (χ0) is 15.6. The Morgan fingerprint density at radius 1 is 1.19 bits per heavy atom. The first-order valence-corrected chi connectivity index (χ1v) is 7.34. The Kier molecular flexibility index (Phi) is 4.56. The van der Waals surface area contributed by atoms with Gasteiger partial charge in [0, 0.05) is 9.75 Å². The average Bonchev–Trinajstić information content (AvgIpc) is 2.88. The van der Waals surface area contributed by atoms with Crippen molar-refractivity contribution < 1.29 is 17.6 Å². The number of thiophene rings is 1. The van der Waals surface area contributed by atoms with Crippen molar-refractivity contribution in [3.8, 4) is 0 Å². The minimum Gasteiger partial charge on any atom is -0.375 e. The van der Waals surface area contributed by atoms with Gasteiger partial charge in [-0.25, -0.2) is 4.39 Å². The summed E-state index contributed by atoms with van der Waals surface area (Å²) in [5.41, 5.74) is -0.997. The van der Waals surface area contributed by atoms with E-state index in [2.05, 4.69) is 5.32 Å². The molecule has 0 aliphatic rings. The summed E-state index contributed by atoms with van der Waals surface area (Å²) >= 11 is 1.57. The molecule has 0 amide bonds. The zero-order valence-electron chi connectivity index (χ0n) is 11.6. The largest absolute Gasteiger partial charge is 0.416 e. The lowest BCUT2D eigenvalue weighted by molar-refractivity contribution is -0.137. The summed E-state index contributed by atoms with van der Waals surface area (Å²) in [5, 5.41) is 2.81. The minimum atomic E-state index is -4.48. The topological polar surface area (TPSA) is 12.0 Å². The second kappa shape index (κ2) is 6.05. The molecule has 1 nitrogen and oxygen atoms in total. The molecule has 6 heteroatoms. The van der Waals surface area contributed by atoms with Gasteiger partial charge >= 0.3 is 6.18 Å². The predicted octanol–water partition coefficient (Wildman–Crippen LogP) is 5.64. The Hall–Kier alpha value is -1.56. The highest BCUT2D eigenvalue weighted by Gasteiger charge is 2.31. The third-order valence-corrected chi connectivity index (χ3v) is 4.54. The van der Waals surface area contributed by atoms with Gasteiger partial charge in [-0.1, -0.05) is 6.92 Å². The molecule has 0 radical (unpaired) electrons. The molecule has 1 heterocycles. The summed E-state index contributed by atoms with van der Waals surface area (Å²) in [6.45, 7) is 3.82. The molecule has 114 valence electrons. The van der Waals surface area contributed by atoms with E-state index in [4.69, 9.17) is 0 Å². The van der Waals surface area contributed by atoms with Crippen LogP contribution in [-0.4, -0.2) is 0 Å². The van der Waals surface area contributed by atoms with Gasteiger partial charge in [0.15, 0.2) is 0 Å². The summed E-state index contributed by atoms with van der Waals surface area (Å²) in [6.07, 6.45) is -3.58. The molecule has 0 saturated carbocycles. The van der Waals surface area contributed by atoms with E-state index in [0.29, 0.717) is 0 Å². The molecule has 0 fully saturated rings. The first-order valence-electron chi connectivity index (χ1n) is 6.53. The Bertz CT molecular complexity index is 618. The predicted molar refractivity (Wildman–Crippen MR) is 77.1 cm³/mol. The van der Waals surface area contributed by atoms with Crippen LogP contribution < -0.4 is 5.32 Å². The van der Waals surface area contributed by atoms with Crippen LogP contribution in [0.25, 0.3) is 0 Å². The van der Waals surface area contributed by atoms with Gasteiger partial charge in [0.05, 0.1) is 17.3 Å². The molecule has 0 bridgehead atoms. The number of hydrogen-bond acceptors (Lipinski definition) is 2. The minimum absolute atomic E-state index is 0.135. The molecule has 21 heavy (non-hydrogen) atoms. The van der Waals surface area contributed by atoms with Crippen molar-refractivity contribution in [1.29, 1.82) is 0 Å². The highest BCUT2D eigenvalue weighted by atomic mass is 32.1. The van der Waals surface area contributed by atoms with Crippen molar-refractivity contribution >= 4 is 17.0 Å². The Balaban J connectivity index is 2.22. The van der Waals surface area contributed by atoms with E-state index in [9.17, 15) is 17.6 Å². The van der Waals surface area contributed by atoms with Crippen LogP contribution in [0.4, 0.5) is 23.2 Å². The zero-order valence-corrected chi connectivity index (χ0v) is 12.4. The summed E-state index contributed by atoms with van der Waals surface area (Å²) in [5.74, 6) is -0.692. The fourth-order valence-electron chi connectivity index (χ4n) is 1.93. The van der Waals surface area contributed by atoms with Gasteiger partial charge in [-0.3, -0.25) is 0 Å². The third-order valence-electron chi connectivity index (χ3n) is 3.12. The first-order chi connectivity index (χ1) is 9.81. The highest BCUT2D eigenvalue weighted by Crippen LogP contribution is 2.33. The van der Waals surface area contributed by atoms with Gasteiger partial charge in [-0.05, 0) is 43.7 Å². The summed E-state index contributed by atoms with van der Waals surface area (Å²) in [6, 6.07) is 6.01. The van der Waals surface area contributed by atoms with Gasteiger partial charge < -0.3 is 5.32 Å². The summed E-state index contributed by atoms with van der Waals surface area (Å²) in [4.78, 5) is 2.15. The quantitative estimate of drug-likeness (QED) is 0.719. The molecule has 0 spiro atoms. The lowest BCUT2D eigenvalue weighted by atomic mass is 10.1. The lowest BCUT2D eigenvalue weighted by Gasteiger charge is -2.16. The third kappa shape index (κ3) is 3.75. The highest BCUT2D eigenvalue weighted by molar-refractivity contribution is 7.12. The Morgan fingerprint density at radius 3 is 2.48 bits per heavy atom. The van der Waals surface area contributed by atoms with Crippen molar-refractivity contribution in [1.82, 2.24) is 0 Å². The molecule has 1 unspecified atom stereocenters. The summed E-state index contributed by atoms with van der Waals surface area (Å²) < 4.78 is 51.7. The van der Waals surface area contributed by atoms with E-state index in [1.54, 1.807) is 18.3 Å². The molecule has 2 rings (SSSR count). The number of nitrogens with one attached hydrogen (secondary N) is 1. The molecule has 0 aliphatic carbocycles. The molecule has 0 saturated heterocycles. The lowest BCUT2D eigenvalue weighted by Crippen LogP contribution is -2.10. The molecule has 1 N–H and O–H groups in total. The normalized spacial score (nSPS) is 13.2. The maximum Gasteiger partial charge on any atom is 0.416 e. The number of alkyl halides is 3. The number of rotatable bonds is 4. The van der Waals surface area contributed by atoms with Crippen LogP contribution >= 0.6 is 11.3 Å². The second-order valence-corrected chi connectivity index (χ2v) is 5.92. The van der Waals surface area contributed by atoms with E-state index in [1.165, 1.54) is 4.88 Å². The molecule has 1 aromatic carbocycles. The van der Waals surface area contributed by atoms with E-state index < -0.39 is 17.6 Å². The van der Waals surface area contributed by atoms with Crippen LogP contribution in [0.1, 0.15) is 35.2 Å². The van der Waals surface area contributed by atoms with Crippen LogP contribution in [0, 0.1) is 5.82 Å². The number of halogens is 4. The smallest absolute Gasteiger partial charge is 0.375 e. The molecule has 2 aromatic rings. The average molecular weight is 317 g/mol. The van der Waals surface area contributed by atoms with E-state index >= 15 is 0 Å². The maximum absolute atomic E-state index is 13.7. The van der Waals surface area contributed by atoms with Crippen LogP contribution in [0.5, 0.6) is 0 Å². The van der Waals surface area contributed by atoms with E-state index in [1.807, 2.05) is 19.1 Å². The first kappa shape index (κ1) is 15.8. The van der Waals surface area contributed by atoms with Crippen molar-refractivity contribution in [3.05, 3.63) is 51.5 Å². The van der Waals surface area contributed by atoms with Crippen LogP contribution in [-0.2, 0) is 12.6 Å². The Morgan fingerprint density at radius 2 is 1.90 bits per heavy atom. The fraction of sp³-hybridized carbons (Fsp3) is 0.333. The fourth-order valence-corrected chi connectivity index (χ4v) is 2.89. The molecular weight excluding hydrogens is 302 g/mol. The SMILES string of the molecule is CCc1ccc(C(C)Nc2cc(C(F)(F)F)ccc2F)s1. The number of aryl methyl sites for hydroxylation is 1. The van der Waals surface area contributed by atoms with Gasteiger partial charge in [0.2, 0.25) is 0 Å². The van der Waals surface area contributed by atoms with Crippen molar-refractivity contribution in [3.63, 3.8) is 0 Å². The van der Waals surface area contributed by atoms with Crippen LogP contribution in [0.15, 0.2) is 30.3 Å². The van der Waals surface area contributed by atoms with E-state index in [0.717, 1.165) is 29.5 Å².